The van der Waals surface area contributed by atoms with E-state index >= 15 is 0 Å². The Morgan fingerprint density at radius 1 is 1.21 bits per heavy atom. The van der Waals surface area contributed by atoms with Gasteiger partial charge in [0.2, 0.25) is 0 Å². The SMILES string of the molecule is CN(CC(C)(C)C)c1cc(CN)nc2ccccc12. The van der Waals surface area contributed by atoms with Gasteiger partial charge in [0.25, 0.3) is 0 Å². The van der Waals surface area contributed by atoms with E-state index in [-0.39, 0.29) is 5.41 Å². The third-order valence-electron chi connectivity index (χ3n) is 3.08. The normalized spacial score (nSPS) is 11.8. The molecule has 1 aromatic carbocycles. The molecule has 19 heavy (non-hydrogen) atoms. The fourth-order valence-corrected chi connectivity index (χ4v) is 2.43. The fourth-order valence-electron chi connectivity index (χ4n) is 2.43. The smallest absolute Gasteiger partial charge is 0.0726 e. The zero-order valence-corrected chi connectivity index (χ0v) is 12.3. The molecule has 3 nitrogen and oxygen atoms in total. The van der Waals surface area contributed by atoms with Gasteiger partial charge in [0.1, 0.15) is 0 Å². The molecule has 0 amide bonds. The van der Waals surface area contributed by atoms with Crippen molar-refractivity contribution < 1.29 is 0 Å². The first-order valence-electron chi connectivity index (χ1n) is 6.70. The molecule has 2 rings (SSSR count). The third-order valence-corrected chi connectivity index (χ3v) is 3.08. The number of para-hydroxylation sites is 1. The molecule has 1 aromatic heterocycles. The van der Waals surface area contributed by atoms with Crippen molar-refractivity contribution in [1.29, 1.82) is 0 Å². The van der Waals surface area contributed by atoms with Crippen LogP contribution in [0, 0.1) is 5.41 Å². The van der Waals surface area contributed by atoms with Gasteiger partial charge in [0.05, 0.1) is 11.2 Å². The molecule has 2 aromatic rings. The molecule has 0 saturated heterocycles. The average molecular weight is 257 g/mol. The summed E-state index contributed by atoms with van der Waals surface area (Å²) in [6, 6.07) is 10.3. The summed E-state index contributed by atoms with van der Waals surface area (Å²) in [5, 5.41) is 1.19. The molecule has 2 N–H and O–H groups in total. The first kappa shape index (κ1) is 13.8. The van der Waals surface area contributed by atoms with Crippen LogP contribution < -0.4 is 10.6 Å². The number of anilines is 1. The molecule has 0 aliphatic heterocycles. The van der Waals surface area contributed by atoms with E-state index in [1.165, 1.54) is 11.1 Å². The van der Waals surface area contributed by atoms with Crippen LogP contribution in [0.25, 0.3) is 10.9 Å². The highest BCUT2D eigenvalue weighted by Gasteiger charge is 2.16. The number of benzene rings is 1. The van der Waals surface area contributed by atoms with Crippen molar-refractivity contribution in [3.05, 3.63) is 36.0 Å². The quantitative estimate of drug-likeness (QED) is 0.918. The lowest BCUT2D eigenvalue weighted by atomic mass is 9.96. The first-order chi connectivity index (χ1) is 8.90. The van der Waals surface area contributed by atoms with Crippen LogP contribution in [0.15, 0.2) is 30.3 Å². The maximum atomic E-state index is 5.76. The maximum absolute atomic E-state index is 5.76. The average Bonchev–Trinajstić information content (AvgIpc) is 2.35. The van der Waals surface area contributed by atoms with Gasteiger partial charge in [-0.05, 0) is 17.5 Å². The van der Waals surface area contributed by atoms with Crippen molar-refractivity contribution in [3.8, 4) is 0 Å². The summed E-state index contributed by atoms with van der Waals surface area (Å²) in [4.78, 5) is 6.88. The second kappa shape index (κ2) is 5.17. The Balaban J connectivity index is 2.51. The molecule has 0 fully saturated rings. The highest BCUT2D eigenvalue weighted by molar-refractivity contribution is 5.91. The number of nitrogens with zero attached hydrogens (tertiary/aromatic N) is 2. The number of aromatic nitrogens is 1. The van der Waals surface area contributed by atoms with E-state index in [1.807, 2.05) is 12.1 Å². The summed E-state index contributed by atoms with van der Waals surface area (Å²) < 4.78 is 0. The van der Waals surface area contributed by atoms with Gasteiger partial charge >= 0.3 is 0 Å². The topological polar surface area (TPSA) is 42.1 Å². The Kier molecular flexibility index (Phi) is 3.76. The summed E-state index contributed by atoms with van der Waals surface area (Å²) in [5.41, 5.74) is 9.17. The van der Waals surface area contributed by atoms with Crippen LogP contribution >= 0.6 is 0 Å². The van der Waals surface area contributed by atoms with Gasteiger partial charge in [-0.25, -0.2) is 0 Å². The van der Waals surface area contributed by atoms with Crippen LogP contribution in [0.5, 0.6) is 0 Å². The zero-order valence-electron chi connectivity index (χ0n) is 12.3. The van der Waals surface area contributed by atoms with Crippen LogP contribution in [-0.2, 0) is 6.54 Å². The molecule has 3 heteroatoms. The zero-order chi connectivity index (χ0) is 14.0. The highest BCUT2D eigenvalue weighted by atomic mass is 15.1. The summed E-state index contributed by atoms with van der Waals surface area (Å²) in [6.45, 7) is 8.20. The van der Waals surface area contributed by atoms with E-state index in [4.69, 9.17) is 5.73 Å². The van der Waals surface area contributed by atoms with E-state index in [0.717, 1.165) is 17.8 Å². The summed E-state index contributed by atoms with van der Waals surface area (Å²) in [7, 11) is 2.13. The Bertz CT molecular complexity index is 570. The van der Waals surface area contributed by atoms with Crippen LogP contribution in [0.3, 0.4) is 0 Å². The van der Waals surface area contributed by atoms with Gasteiger partial charge in [-0.15, -0.1) is 0 Å². The molecular formula is C16H23N3. The Hall–Kier alpha value is -1.61. The fraction of sp³-hybridized carbons (Fsp3) is 0.438. The monoisotopic (exact) mass is 257 g/mol. The molecule has 0 radical (unpaired) electrons. The molecule has 0 bridgehead atoms. The van der Waals surface area contributed by atoms with Gasteiger partial charge in [-0.3, -0.25) is 4.98 Å². The summed E-state index contributed by atoms with van der Waals surface area (Å²) >= 11 is 0. The minimum atomic E-state index is 0.252. The van der Waals surface area contributed by atoms with Crippen molar-refractivity contribution in [2.24, 2.45) is 11.1 Å². The summed E-state index contributed by atoms with van der Waals surface area (Å²) in [5.74, 6) is 0. The molecule has 0 saturated carbocycles. The molecular weight excluding hydrogens is 234 g/mol. The van der Waals surface area contributed by atoms with Crippen molar-refractivity contribution >= 4 is 16.6 Å². The number of pyridine rings is 1. The van der Waals surface area contributed by atoms with Gasteiger partial charge in [0.15, 0.2) is 0 Å². The Labute approximate surface area is 115 Å². The number of nitrogens with two attached hydrogens (primary N) is 1. The van der Waals surface area contributed by atoms with E-state index in [2.05, 4.69) is 55.9 Å². The van der Waals surface area contributed by atoms with Gasteiger partial charge in [-0.2, -0.15) is 0 Å². The molecule has 0 spiro atoms. The van der Waals surface area contributed by atoms with Crippen LogP contribution in [0.1, 0.15) is 26.5 Å². The molecule has 0 aliphatic carbocycles. The van der Waals surface area contributed by atoms with Crippen molar-refractivity contribution in [1.82, 2.24) is 4.98 Å². The second-order valence-electron chi connectivity index (χ2n) is 6.27. The first-order valence-corrected chi connectivity index (χ1v) is 6.70. The molecule has 0 aliphatic rings. The minimum absolute atomic E-state index is 0.252. The van der Waals surface area contributed by atoms with Crippen molar-refractivity contribution in [2.45, 2.75) is 27.3 Å². The molecule has 1 heterocycles. The number of hydrogen-bond acceptors (Lipinski definition) is 3. The van der Waals surface area contributed by atoms with E-state index in [1.54, 1.807) is 0 Å². The Morgan fingerprint density at radius 3 is 2.53 bits per heavy atom. The largest absolute Gasteiger partial charge is 0.373 e. The van der Waals surface area contributed by atoms with Crippen molar-refractivity contribution in [2.75, 3.05) is 18.5 Å². The van der Waals surface area contributed by atoms with E-state index < -0.39 is 0 Å². The lowest BCUT2D eigenvalue weighted by Gasteiger charge is -2.29. The molecule has 0 atom stereocenters. The van der Waals surface area contributed by atoms with Gasteiger partial charge in [-0.1, -0.05) is 39.0 Å². The highest BCUT2D eigenvalue weighted by Crippen LogP contribution is 2.28. The number of fused-ring (bicyclic) bond motifs is 1. The molecule has 102 valence electrons. The van der Waals surface area contributed by atoms with Gasteiger partial charge in [0, 0.05) is 31.2 Å². The second-order valence-corrected chi connectivity index (χ2v) is 6.27. The van der Waals surface area contributed by atoms with Gasteiger partial charge < -0.3 is 10.6 Å². The third kappa shape index (κ3) is 3.24. The van der Waals surface area contributed by atoms with E-state index in [0.29, 0.717) is 6.54 Å². The van der Waals surface area contributed by atoms with Crippen LogP contribution in [0.4, 0.5) is 5.69 Å². The number of rotatable bonds is 3. The standard InChI is InChI=1S/C16H23N3/c1-16(2,3)11-19(4)15-9-12(10-17)18-14-8-6-5-7-13(14)15/h5-9H,10-11,17H2,1-4H3. The predicted molar refractivity (Wildman–Crippen MR) is 82.4 cm³/mol. The summed E-state index contributed by atoms with van der Waals surface area (Å²) in [6.07, 6.45) is 0. The van der Waals surface area contributed by atoms with E-state index in [9.17, 15) is 0 Å². The predicted octanol–water partition coefficient (Wildman–Crippen LogP) is 3.18. The Morgan fingerprint density at radius 2 is 1.89 bits per heavy atom. The minimum Gasteiger partial charge on any atom is -0.373 e. The maximum Gasteiger partial charge on any atom is 0.0726 e. The van der Waals surface area contributed by atoms with Crippen LogP contribution in [0.2, 0.25) is 0 Å². The van der Waals surface area contributed by atoms with Crippen molar-refractivity contribution in [3.63, 3.8) is 0 Å². The lowest BCUT2D eigenvalue weighted by molar-refractivity contribution is 0.419. The number of hydrogen-bond donors (Lipinski definition) is 1. The molecule has 0 unspecified atom stereocenters. The lowest BCUT2D eigenvalue weighted by Crippen LogP contribution is -2.29. The van der Waals surface area contributed by atoms with Crippen LogP contribution in [-0.4, -0.2) is 18.6 Å².